The lowest BCUT2D eigenvalue weighted by Crippen LogP contribution is -1.98. The van der Waals surface area contributed by atoms with Gasteiger partial charge in [0.2, 0.25) is 0 Å². The predicted octanol–water partition coefficient (Wildman–Crippen LogP) is 5.18. The van der Waals surface area contributed by atoms with Crippen molar-refractivity contribution in [2.45, 2.75) is 13.5 Å². The van der Waals surface area contributed by atoms with Crippen LogP contribution >= 0.6 is 0 Å². The maximum Gasteiger partial charge on any atom is 0.170 e. The second-order valence-electron chi connectivity index (χ2n) is 7.21. The van der Waals surface area contributed by atoms with Crippen LogP contribution in [0, 0.1) is 6.92 Å². The normalized spacial score (nSPS) is 11.1. The molecule has 0 fully saturated rings. The van der Waals surface area contributed by atoms with Crippen molar-refractivity contribution in [1.29, 1.82) is 0 Å². The van der Waals surface area contributed by atoms with Crippen molar-refractivity contribution in [2.75, 3.05) is 0 Å². The second kappa shape index (κ2) is 7.48. The van der Waals surface area contributed by atoms with Gasteiger partial charge in [0.15, 0.2) is 5.76 Å². The van der Waals surface area contributed by atoms with Gasteiger partial charge in [-0.05, 0) is 43.3 Å². The summed E-state index contributed by atoms with van der Waals surface area (Å²) in [5, 5.41) is 9.71. The van der Waals surface area contributed by atoms with Crippen LogP contribution in [0.15, 0.2) is 77.4 Å². The molecular formula is C24H20N4O2. The zero-order valence-corrected chi connectivity index (χ0v) is 16.7. The Kier molecular flexibility index (Phi) is 4.52. The highest BCUT2D eigenvalue weighted by atomic mass is 16.5. The van der Waals surface area contributed by atoms with Crippen molar-refractivity contribution >= 4 is 10.9 Å². The van der Waals surface area contributed by atoms with Crippen LogP contribution in [-0.4, -0.2) is 19.9 Å². The van der Waals surface area contributed by atoms with Gasteiger partial charge in [0.05, 0.1) is 22.5 Å². The Balaban J connectivity index is 1.34. The van der Waals surface area contributed by atoms with Crippen LogP contribution in [0.1, 0.15) is 11.4 Å². The monoisotopic (exact) mass is 396 g/mol. The summed E-state index contributed by atoms with van der Waals surface area (Å²) >= 11 is 0. The summed E-state index contributed by atoms with van der Waals surface area (Å²) in [6.07, 6.45) is 1.94. The first-order valence-corrected chi connectivity index (χ1v) is 9.71. The Labute approximate surface area is 173 Å². The molecule has 0 amide bonds. The average molecular weight is 396 g/mol. The van der Waals surface area contributed by atoms with Crippen molar-refractivity contribution in [3.63, 3.8) is 0 Å². The van der Waals surface area contributed by atoms with E-state index >= 15 is 0 Å². The number of benzene rings is 2. The van der Waals surface area contributed by atoms with E-state index in [2.05, 4.69) is 27.4 Å². The molecule has 6 nitrogen and oxygen atoms in total. The standard InChI is InChI=1S/C24H20N4O2/c1-16-13-23(30-27-16)21-14-28(2)26-24(21)18-8-11-20(12-9-18)29-15-19-10-7-17-5-3-4-6-22(17)25-19/h3-14H,15H2,1-2H3. The van der Waals surface area contributed by atoms with Gasteiger partial charge in [-0.15, -0.1) is 0 Å². The third kappa shape index (κ3) is 3.55. The van der Waals surface area contributed by atoms with Crippen LogP contribution < -0.4 is 4.74 Å². The van der Waals surface area contributed by atoms with Gasteiger partial charge in [-0.25, -0.2) is 4.98 Å². The second-order valence-corrected chi connectivity index (χ2v) is 7.21. The summed E-state index contributed by atoms with van der Waals surface area (Å²) in [6.45, 7) is 2.32. The highest BCUT2D eigenvalue weighted by molar-refractivity contribution is 5.79. The Hall–Kier alpha value is -3.93. The highest BCUT2D eigenvalue weighted by Crippen LogP contribution is 2.32. The van der Waals surface area contributed by atoms with Crippen LogP contribution in [0.25, 0.3) is 33.5 Å². The maximum absolute atomic E-state index is 5.94. The number of hydrogen-bond acceptors (Lipinski definition) is 5. The molecule has 3 heterocycles. The summed E-state index contributed by atoms with van der Waals surface area (Å²) in [5.74, 6) is 1.49. The molecular weight excluding hydrogens is 376 g/mol. The summed E-state index contributed by atoms with van der Waals surface area (Å²) in [7, 11) is 1.89. The summed E-state index contributed by atoms with van der Waals surface area (Å²) < 4.78 is 13.1. The number of fused-ring (bicyclic) bond motifs is 1. The van der Waals surface area contributed by atoms with Crippen molar-refractivity contribution in [2.24, 2.45) is 7.05 Å². The fourth-order valence-corrected chi connectivity index (χ4v) is 3.43. The molecule has 2 aromatic carbocycles. The molecule has 0 aliphatic carbocycles. The lowest BCUT2D eigenvalue weighted by molar-refractivity contribution is 0.302. The Bertz CT molecular complexity index is 1320. The van der Waals surface area contributed by atoms with Gasteiger partial charge in [0.1, 0.15) is 18.1 Å². The van der Waals surface area contributed by atoms with Gasteiger partial charge in [0.25, 0.3) is 0 Å². The first-order valence-electron chi connectivity index (χ1n) is 9.71. The number of pyridine rings is 1. The molecule has 0 saturated carbocycles. The molecule has 0 radical (unpaired) electrons. The van der Waals surface area contributed by atoms with E-state index in [9.17, 15) is 0 Å². The summed E-state index contributed by atoms with van der Waals surface area (Å²) in [5.41, 5.74) is 5.44. The molecule has 0 spiro atoms. The molecule has 5 aromatic rings. The number of ether oxygens (including phenoxy) is 1. The minimum Gasteiger partial charge on any atom is -0.487 e. The highest BCUT2D eigenvalue weighted by Gasteiger charge is 2.16. The van der Waals surface area contributed by atoms with E-state index in [4.69, 9.17) is 9.26 Å². The van der Waals surface area contributed by atoms with Crippen molar-refractivity contribution in [3.8, 4) is 28.3 Å². The SMILES string of the molecule is Cc1cc(-c2cn(C)nc2-c2ccc(OCc3ccc4ccccc4n3)cc2)on1. The lowest BCUT2D eigenvalue weighted by Gasteiger charge is -2.08. The molecule has 30 heavy (non-hydrogen) atoms. The molecule has 5 rings (SSSR count). The zero-order valence-electron chi connectivity index (χ0n) is 16.7. The number of rotatable bonds is 5. The van der Waals surface area contributed by atoms with Gasteiger partial charge in [-0.1, -0.05) is 29.4 Å². The molecule has 0 N–H and O–H groups in total. The fourth-order valence-electron chi connectivity index (χ4n) is 3.43. The number of para-hydroxylation sites is 1. The van der Waals surface area contributed by atoms with E-state index in [1.165, 1.54) is 0 Å². The predicted molar refractivity (Wildman–Crippen MR) is 115 cm³/mol. The van der Waals surface area contributed by atoms with Crippen LogP contribution in [0.5, 0.6) is 5.75 Å². The smallest absolute Gasteiger partial charge is 0.170 e. The van der Waals surface area contributed by atoms with Crippen LogP contribution in [0.3, 0.4) is 0 Å². The van der Waals surface area contributed by atoms with Gasteiger partial charge >= 0.3 is 0 Å². The number of aryl methyl sites for hydroxylation is 2. The van der Waals surface area contributed by atoms with Crippen molar-refractivity contribution < 1.29 is 9.26 Å². The number of nitrogens with zero attached hydrogens (tertiary/aromatic N) is 4. The topological polar surface area (TPSA) is 66.0 Å². The van der Waals surface area contributed by atoms with E-state index < -0.39 is 0 Å². The van der Waals surface area contributed by atoms with E-state index in [-0.39, 0.29) is 0 Å². The molecule has 0 aliphatic rings. The third-order valence-electron chi connectivity index (χ3n) is 4.89. The first-order chi connectivity index (χ1) is 14.7. The zero-order chi connectivity index (χ0) is 20.5. The largest absolute Gasteiger partial charge is 0.487 e. The molecule has 6 heteroatoms. The summed E-state index contributed by atoms with van der Waals surface area (Å²) in [4.78, 5) is 4.65. The maximum atomic E-state index is 5.94. The third-order valence-corrected chi connectivity index (χ3v) is 4.89. The number of hydrogen-bond donors (Lipinski definition) is 0. The van der Waals surface area contributed by atoms with E-state index in [1.807, 2.05) is 74.8 Å². The number of aromatic nitrogens is 4. The molecule has 0 unspecified atom stereocenters. The first kappa shape index (κ1) is 18.1. The van der Waals surface area contributed by atoms with Gasteiger partial charge in [-0.3, -0.25) is 4.68 Å². The Morgan fingerprint density at radius 2 is 1.83 bits per heavy atom. The molecule has 0 aliphatic heterocycles. The van der Waals surface area contributed by atoms with E-state index in [0.717, 1.165) is 44.9 Å². The fraction of sp³-hybridized carbons (Fsp3) is 0.125. The van der Waals surface area contributed by atoms with E-state index in [1.54, 1.807) is 4.68 Å². The van der Waals surface area contributed by atoms with Crippen LogP contribution in [-0.2, 0) is 13.7 Å². The minimum atomic E-state index is 0.413. The van der Waals surface area contributed by atoms with Gasteiger partial charge < -0.3 is 9.26 Å². The minimum absolute atomic E-state index is 0.413. The van der Waals surface area contributed by atoms with E-state index in [0.29, 0.717) is 12.4 Å². The Morgan fingerprint density at radius 1 is 1.00 bits per heavy atom. The molecule has 148 valence electrons. The van der Waals surface area contributed by atoms with Gasteiger partial charge in [-0.2, -0.15) is 5.10 Å². The van der Waals surface area contributed by atoms with Crippen molar-refractivity contribution in [1.82, 2.24) is 19.9 Å². The van der Waals surface area contributed by atoms with Crippen LogP contribution in [0.2, 0.25) is 0 Å². The molecule has 0 atom stereocenters. The van der Waals surface area contributed by atoms with Crippen molar-refractivity contribution in [3.05, 3.63) is 84.3 Å². The van der Waals surface area contributed by atoms with Gasteiger partial charge in [0, 0.05) is 30.3 Å². The lowest BCUT2D eigenvalue weighted by atomic mass is 10.1. The molecule has 3 aromatic heterocycles. The quantitative estimate of drug-likeness (QED) is 0.410. The molecule has 0 saturated heterocycles. The Morgan fingerprint density at radius 3 is 2.63 bits per heavy atom. The average Bonchev–Trinajstić information content (AvgIpc) is 3.38. The van der Waals surface area contributed by atoms with Crippen LogP contribution in [0.4, 0.5) is 0 Å². The summed E-state index contributed by atoms with van der Waals surface area (Å²) in [6, 6.07) is 21.9. The molecule has 0 bridgehead atoms.